The number of rotatable bonds is 7. The minimum atomic E-state index is -5.08. The molecule has 224 valence electrons. The van der Waals surface area contributed by atoms with Crippen LogP contribution >= 0.6 is 0 Å². The fourth-order valence-corrected chi connectivity index (χ4v) is 4.15. The highest BCUT2D eigenvalue weighted by Gasteiger charge is 2.38. The molecule has 6 nitrogen and oxygen atoms in total. The van der Waals surface area contributed by atoms with Crippen LogP contribution in [0.3, 0.4) is 0 Å². The molecule has 0 saturated heterocycles. The van der Waals surface area contributed by atoms with Crippen LogP contribution in [0, 0.1) is 0 Å². The molecule has 0 bridgehead atoms. The van der Waals surface area contributed by atoms with Crippen LogP contribution in [0.2, 0.25) is 0 Å². The lowest BCUT2D eigenvalue weighted by Gasteiger charge is -2.09. The van der Waals surface area contributed by atoms with E-state index in [0.717, 1.165) is 47.5 Å². The largest absolute Gasteiger partial charge is 0.490 e. The van der Waals surface area contributed by atoms with Crippen LogP contribution in [-0.4, -0.2) is 27.2 Å². The van der Waals surface area contributed by atoms with E-state index in [2.05, 4.69) is 45.6 Å². The molecule has 0 aliphatic rings. The first-order valence-corrected chi connectivity index (χ1v) is 12.9. The Labute approximate surface area is 242 Å². The minimum absolute atomic E-state index is 0.361. The van der Waals surface area contributed by atoms with Crippen molar-refractivity contribution in [1.82, 2.24) is 15.3 Å². The third kappa shape index (κ3) is 8.43. The minimum Gasteiger partial charge on any atom is -0.475 e. The molecule has 1 heterocycles. The lowest BCUT2D eigenvalue weighted by atomic mass is 10.0. The van der Waals surface area contributed by atoms with Crippen molar-refractivity contribution < 1.29 is 36.2 Å². The number of halogens is 6. The normalized spacial score (nSPS) is 11.7. The molecule has 0 aliphatic heterocycles. The van der Waals surface area contributed by atoms with Crippen molar-refractivity contribution in [3.63, 3.8) is 0 Å². The number of hydrogen-bond donors (Lipinski definition) is 4. The summed E-state index contributed by atoms with van der Waals surface area (Å²) < 4.78 is 70.8. The van der Waals surface area contributed by atoms with Crippen LogP contribution in [-0.2, 0) is 30.6 Å². The molecule has 12 heteroatoms. The number of carbonyl (C=O) groups is 1. The average molecular weight is 601 g/mol. The van der Waals surface area contributed by atoms with E-state index in [1.165, 1.54) is 17.2 Å². The number of aromatic nitrogens is 2. The topological polar surface area (TPSA) is 104 Å². The Morgan fingerprint density at radius 2 is 1.37 bits per heavy atom. The van der Waals surface area contributed by atoms with Gasteiger partial charge in [0, 0.05) is 25.2 Å². The van der Waals surface area contributed by atoms with E-state index < -0.39 is 23.9 Å². The Morgan fingerprint density at radius 1 is 0.767 bits per heavy atom. The number of carboxylic acid groups (broad SMARTS) is 1. The number of carboxylic acids is 1. The number of hydrogen-bond acceptors (Lipinski definition) is 4. The number of nitrogens with one attached hydrogen (secondary N) is 2. The number of imidazole rings is 1. The van der Waals surface area contributed by atoms with Gasteiger partial charge in [0.1, 0.15) is 5.82 Å². The zero-order valence-electron chi connectivity index (χ0n) is 22.4. The molecule has 5 aromatic rings. The molecule has 0 unspecified atom stereocenters. The predicted octanol–water partition coefficient (Wildman–Crippen LogP) is 7.30. The summed E-state index contributed by atoms with van der Waals surface area (Å²) in [7, 11) is 0. The van der Waals surface area contributed by atoms with Gasteiger partial charge in [-0.25, -0.2) is 9.78 Å². The maximum Gasteiger partial charge on any atom is 0.490 e. The van der Waals surface area contributed by atoms with Crippen molar-refractivity contribution >= 4 is 17.0 Å². The fraction of sp³-hybridized carbons (Fsp3) is 0.161. The van der Waals surface area contributed by atoms with Crippen LogP contribution in [0.25, 0.3) is 33.5 Å². The molecule has 5 N–H and O–H groups in total. The van der Waals surface area contributed by atoms with Crippen molar-refractivity contribution in [2.24, 2.45) is 5.73 Å². The molecule has 0 saturated carbocycles. The third-order valence-electron chi connectivity index (χ3n) is 6.39. The van der Waals surface area contributed by atoms with Gasteiger partial charge in [-0.05, 0) is 52.1 Å². The monoisotopic (exact) mass is 600 g/mol. The second kappa shape index (κ2) is 13.1. The predicted molar refractivity (Wildman–Crippen MR) is 151 cm³/mol. The van der Waals surface area contributed by atoms with Gasteiger partial charge in [-0.15, -0.1) is 0 Å². The van der Waals surface area contributed by atoms with Crippen molar-refractivity contribution in [2.75, 3.05) is 0 Å². The zero-order chi connectivity index (χ0) is 31.2. The van der Waals surface area contributed by atoms with Gasteiger partial charge in [-0.2, -0.15) is 26.3 Å². The van der Waals surface area contributed by atoms with Gasteiger partial charge >= 0.3 is 18.3 Å². The van der Waals surface area contributed by atoms with E-state index in [-0.39, 0.29) is 0 Å². The summed E-state index contributed by atoms with van der Waals surface area (Å²) in [6.07, 6.45) is -9.47. The van der Waals surface area contributed by atoms with Gasteiger partial charge < -0.3 is 21.1 Å². The molecule has 4 aromatic carbocycles. The Kier molecular flexibility index (Phi) is 9.52. The fourth-order valence-electron chi connectivity index (χ4n) is 4.15. The second-order valence-electron chi connectivity index (χ2n) is 9.52. The van der Waals surface area contributed by atoms with Gasteiger partial charge in [0.05, 0.1) is 16.6 Å². The number of aromatic amines is 1. The van der Waals surface area contributed by atoms with Crippen molar-refractivity contribution in [1.29, 1.82) is 0 Å². The first-order valence-electron chi connectivity index (χ1n) is 12.9. The lowest BCUT2D eigenvalue weighted by Crippen LogP contribution is -2.21. The lowest BCUT2D eigenvalue weighted by molar-refractivity contribution is -0.192. The standard InChI is InChI=1S/C29H25F3N4.C2HF3O2/c30-29(31,32)25-12-13-26-27(15-25)36-28(35-26)23-10-8-22(9-11-23)24-3-1-2-21(14-24)18-34-17-20-6-4-19(16-33)5-7-20;3-2(4,5)1(6)7/h1-15,34H,16-18,33H2,(H,35,36);(H,6,7). The Hall–Kier alpha value is -4.68. The molecular formula is C31H26F6N4O2. The number of nitrogens with zero attached hydrogens (tertiary/aromatic N) is 1. The van der Waals surface area contributed by atoms with Gasteiger partial charge in [0.15, 0.2) is 0 Å². The van der Waals surface area contributed by atoms with Crippen molar-refractivity contribution in [3.05, 3.63) is 113 Å². The quantitative estimate of drug-likeness (QED) is 0.147. The van der Waals surface area contributed by atoms with Gasteiger partial charge in [0.25, 0.3) is 0 Å². The van der Waals surface area contributed by atoms with E-state index >= 15 is 0 Å². The molecule has 0 atom stereocenters. The molecule has 43 heavy (non-hydrogen) atoms. The summed E-state index contributed by atoms with van der Waals surface area (Å²) in [5, 5.41) is 10.6. The van der Waals surface area contributed by atoms with Crippen LogP contribution < -0.4 is 11.1 Å². The van der Waals surface area contributed by atoms with Crippen molar-refractivity contribution in [2.45, 2.75) is 32.0 Å². The number of benzene rings is 4. The van der Waals surface area contributed by atoms with E-state index in [1.807, 2.05) is 42.5 Å². The van der Waals surface area contributed by atoms with Gasteiger partial charge in [-0.3, -0.25) is 0 Å². The number of alkyl halides is 6. The summed E-state index contributed by atoms with van der Waals surface area (Å²) in [5.74, 6) is -2.22. The molecule has 0 spiro atoms. The highest BCUT2D eigenvalue weighted by atomic mass is 19.4. The number of aliphatic carboxylic acids is 1. The molecular weight excluding hydrogens is 574 g/mol. The van der Waals surface area contributed by atoms with Crippen LogP contribution in [0.1, 0.15) is 22.3 Å². The molecule has 1 aromatic heterocycles. The van der Waals surface area contributed by atoms with E-state index in [1.54, 1.807) is 0 Å². The molecule has 0 aliphatic carbocycles. The van der Waals surface area contributed by atoms with Crippen molar-refractivity contribution in [3.8, 4) is 22.5 Å². The highest BCUT2D eigenvalue weighted by Crippen LogP contribution is 2.32. The smallest absolute Gasteiger partial charge is 0.475 e. The summed E-state index contributed by atoms with van der Waals surface area (Å²) in [5.41, 5.74) is 12.3. The van der Waals surface area contributed by atoms with Crippen LogP contribution in [0.15, 0.2) is 91.0 Å². The first kappa shape index (κ1) is 31.3. The maximum absolute atomic E-state index is 13.0. The molecule has 0 fully saturated rings. The van der Waals surface area contributed by atoms with E-state index in [9.17, 15) is 26.3 Å². The molecule has 0 radical (unpaired) electrons. The Morgan fingerprint density at radius 3 is 1.98 bits per heavy atom. The second-order valence-corrected chi connectivity index (χ2v) is 9.52. The molecule has 0 amide bonds. The first-order chi connectivity index (χ1) is 20.3. The SMILES string of the molecule is NCc1ccc(CNCc2cccc(-c3ccc(-c4nc5ccc(C(F)(F)F)cc5[nH]4)cc3)c2)cc1.O=C(O)C(F)(F)F. The molecule has 5 rings (SSSR count). The van der Waals surface area contributed by atoms with E-state index in [4.69, 9.17) is 15.6 Å². The van der Waals surface area contributed by atoms with Gasteiger partial charge in [-0.1, -0.05) is 66.7 Å². The zero-order valence-corrected chi connectivity index (χ0v) is 22.4. The van der Waals surface area contributed by atoms with E-state index in [0.29, 0.717) is 23.4 Å². The Balaban J connectivity index is 0.000000541. The van der Waals surface area contributed by atoms with Crippen LogP contribution in [0.4, 0.5) is 26.3 Å². The summed E-state index contributed by atoms with van der Waals surface area (Å²) in [4.78, 5) is 16.4. The van der Waals surface area contributed by atoms with Gasteiger partial charge in [0.2, 0.25) is 0 Å². The number of fused-ring (bicyclic) bond motifs is 1. The third-order valence-corrected chi connectivity index (χ3v) is 6.39. The summed E-state index contributed by atoms with van der Waals surface area (Å²) >= 11 is 0. The average Bonchev–Trinajstić information content (AvgIpc) is 3.41. The number of H-pyrrole nitrogens is 1. The summed E-state index contributed by atoms with van der Waals surface area (Å²) in [6, 6.07) is 28.0. The Bertz CT molecular complexity index is 1680. The number of nitrogens with two attached hydrogens (primary N) is 1. The van der Waals surface area contributed by atoms with Crippen LogP contribution in [0.5, 0.6) is 0 Å². The maximum atomic E-state index is 13.0. The summed E-state index contributed by atoms with van der Waals surface area (Å²) in [6.45, 7) is 2.05. The highest BCUT2D eigenvalue weighted by molar-refractivity contribution is 5.80.